The average molecular weight is 1360 g/mol. The van der Waals surface area contributed by atoms with E-state index in [1.165, 1.54) is 89.7 Å². The normalized spacial score (nSPS) is 27.3. The number of hydrogen-bond donors (Lipinski definition) is 6. The lowest BCUT2D eigenvalue weighted by Crippen LogP contribution is -2.64. The van der Waals surface area contributed by atoms with E-state index in [9.17, 15) is 39.0 Å². The van der Waals surface area contributed by atoms with Gasteiger partial charge in [0, 0.05) is 75.6 Å². The fraction of sp³-hybridized carbons (Fsp3) is 0.841. The lowest BCUT2D eigenvalue weighted by Gasteiger charge is -2.41. The van der Waals surface area contributed by atoms with Crippen molar-refractivity contribution in [2.24, 2.45) is 35.5 Å². The van der Waals surface area contributed by atoms with Gasteiger partial charge in [-0.3, -0.25) is 57.6 Å². The van der Waals surface area contributed by atoms with Gasteiger partial charge in [0.1, 0.15) is 66.5 Å². The van der Waals surface area contributed by atoms with Crippen LogP contribution in [-0.2, 0) is 62.2 Å². The molecule has 552 valence electrons. The molecule has 6 N–H and O–H groups in total. The van der Waals surface area contributed by atoms with Crippen LogP contribution in [0.5, 0.6) is 0 Å². The van der Waals surface area contributed by atoms with Gasteiger partial charge in [-0.25, -0.2) is 0 Å². The largest absolute Gasteiger partial charge is 0.396 e. The van der Waals surface area contributed by atoms with E-state index in [1.807, 2.05) is 41.5 Å². The number of morpholine rings is 1. The minimum absolute atomic E-state index is 0.0250. The Morgan fingerprint density at radius 3 is 1.47 bits per heavy atom. The predicted molar refractivity (Wildman–Crippen MR) is 367 cm³/mol. The molecule has 11 amide bonds. The highest BCUT2D eigenvalue weighted by molar-refractivity contribution is 6.00. The minimum atomic E-state index is -1.67. The Kier molecular flexibility index (Phi) is 36.5. The molecule has 0 saturated carbocycles. The van der Waals surface area contributed by atoms with E-state index < -0.39 is 161 Å². The smallest absolute Gasteiger partial charge is 0.246 e. The Morgan fingerprint density at radius 1 is 0.479 bits per heavy atom. The van der Waals surface area contributed by atoms with Crippen LogP contribution < -0.4 is 21.3 Å². The van der Waals surface area contributed by atoms with Crippen molar-refractivity contribution in [3.05, 3.63) is 0 Å². The number of nitrogens with zero attached hydrogens (tertiary/aromatic N) is 8. The van der Waals surface area contributed by atoms with Crippen molar-refractivity contribution in [1.29, 1.82) is 0 Å². The van der Waals surface area contributed by atoms with Gasteiger partial charge in [0.25, 0.3) is 0 Å². The van der Waals surface area contributed by atoms with Gasteiger partial charge in [-0.2, -0.15) is 0 Å². The van der Waals surface area contributed by atoms with Crippen LogP contribution in [0.4, 0.5) is 0 Å². The highest BCUT2D eigenvalue weighted by Crippen LogP contribution is 2.26. The zero-order valence-corrected chi connectivity index (χ0v) is 62.6. The van der Waals surface area contributed by atoms with Gasteiger partial charge >= 0.3 is 0 Å². The minimum Gasteiger partial charge on any atom is -0.396 e. The van der Waals surface area contributed by atoms with Gasteiger partial charge in [0.2, 0.25) is 65.0 Å². The number of rotatable bonds is 22. The predicted octanol–water partition coefficient (Wildman–Crippen LogP) is 2.33. The second kappa shape index (κ2) is 40.8. The average Bonchev–Trinajstić information content (AvgIpc) is 0.813. The maximum Gasteiger partial charge on any atom is 0.246 e. The van der Waals surface area contributed by atoms with Gasteiger partial charge in [0.15, 0.2) is 0 Å². The van der Waals surface area contributed by atoms with Gasteiger partial charge in [-0.05, 0) is 121 Å². The fourth-order valence-electron chi connectivity index (χ4n) is 12.6. The van der Waals surface area contributed by atoms with Crippen molar-refractivity contribution in [2.75, 3.05) is 95.4 Å². The summed E-state index contributed by atoms with van der Waals surface area (Å²) < 4.78 is 11.9. The van der Waals surface area contributed by atoms with Crippen LogP contribution >= 0.6 is 0 Å². The van der Waals surface area contributed by atoms with Gasteiger partial charge in [0.05, 0.1) is 25.4 Å². The van der Waals surface area contributed by atoms with Crippen LogP contribution in [0.2, 0.25) is 0 Å². The van der Waals surface area contributed by atoms with Crippen molar-refractivity contribution < 1.29 is 72.4 Å². The first-order valence-electron chi connectivity index (χ1n) is 35.0. The van der Waals surface area contributed by atoms with Crippen LogP contribution in [0.3, 0.4) is 0 Å². The molecular formula is C69H126N12O15. The Bertz CT molecular complexity index is 2550. The van der Waals surface area contributed by atoms with E-state index in [1.54, 1.807) is 48.5 Å². The van der Waals surface area contributed by atoms with Crippen molar-refractivity contribution in [1.82, 2.24) is 60.5 Å². The topological polar surface area (TPSA) is 321 Å². The molecule has 0 aromatic rings. The highest BCUT2D eigenvalue weighted by Gasteiger charge is 2.47. The van der Waals surface area contributed by atoms with E-state index in [0.717, 1.165) is 40.8 Å². The number of amides is 11. The first-order chi connectivity index (χ1) is 44.7. The molecule has 2 aliphatic heterocycles. The van der Waals surface area contributed by atoms with Crippen LogP contribution in [0.1, 0.15) is 169 Å². The second-order valence-corrected chi connectivity index (χ2v) is 28.9. The SMILES string of the molecule is CC[C@@H]1NC(=O)[C@H]([C@H](O)[C@H](C)CCCCO)N(C)C(=O)[C@H](C(C)C)N(C)C(=O)[C@H](CC(C)C)N(C)C(=O)[C@H](CC(C)C)N(C)C(=O)[C@@H](C)NC(=O)[C@H](C)NC(=O)[C@H](CC(C)C)N(C)C(=O)[C@H](C(C)C)NC(=O)[C@H]([C@@H](C)OCCCCN2CCOCC2)N(C)C(=O)[C@@H](C)N(C)C1=O. The first-order valence-corrected chi connectivity index (χ1v) is 35.0. The maximum absolute atomic E-state index is 15.3. The molecule has 0 radical (unpaired) electrons. The molecular weight excluding hydrogens is 1240 g/mol. The molecule has 2 rings (SSSR count). The third-order valence-electron chi connectivity index (χ3n) is 18.9. The lowest BCUT2D eigenvalue weighted by molar-refractivity contribution is -0.157. The molecule has 0 aromatic heterocycles. The Morgan fingerprint density at radius 2 is 0.958 bits per heavy atom. The number of carbonyl (C=O) groups is 11. The summed E-state index contributed by atoms with van der Waals surface area (Å²) in [6.45, 7) is 31.1. The number of aliphatic hydroxyl groups excluding tert-OH is 2. The van der Waals surface area contributed by atoms with E-state index in [4.69, 9.17) is 9.47 Å². The summed E-state index contributed by atoms with van der Waals surface area (Å²) in [5, 5.41) is 33.0. The molecule has 0 spiro atoms. The molecule has 0 unspecified atom stereocenters. The third kappa shape index (κ3) is 24.4. The molecule has 0 aromatic carbocycles. The van der Waals surface area contributed by atoms with Crippen molar-refractivity contribution in [3.8, 4) is 0 Å². The molecule has 0 bridgehead atoms. The van der Waals surface area contributed by atoms with Crippen molar-refractivity contribution in [2.45, 2.75) is 247 Å². The second-order valence-electron chi connectivity index (χ2n) is 28.9. The number of aliphatic hydroxyl groups is 2. The molecule has 27 nitrogen and oxygen atoms in total. The zero-order chi connectivity index (χ0) is 73.5. The van der Waals surface area contributed by atoms with Gasteiger partial charge in [-0.15, -0.1) is 0 Å². The molecule has 14 atom stereocenters. The number of nitrogens with one attached hydrogen (secondary N) is 4. The summed E-state index contributed by atoms with van der Waals surface area (Å²) in [6, 6.07) is -14.3. The molecule has 96 heavy (non-hydrogen) atoms. The molecule has 27 heteroatoms. The summed E-state index contributed by atoms with van der Waals surface area (Å²) in [7, 11) is 9.84. The van der Waals surface area contributed by atoms with E-state index >= 15 is 24.0 Å². The van der Waals surface area contributed by atoms with Crippen LogP contribution in [0.15, 0.2) is 0 Å². The third-order valence-corrected chi connectivity index (χ3v) is 18.9. The number of likely N-dealkylation sites (N-methyl/N-ethyl adjacent to an activating group) is 7. The Hall–Kier alpha value is -6.03. The lowest BCUT2D eigenvalue weighted by atomic mass is 9.90. The van der Waals surface area contributed by atoms with Crippen molar-refractivity contribution in [3.63, 3.8) is 0 Å². The quantitative estimate of drug-likeness (QED) is 0.0848. The summed E-state index contributed by atoms with van der Waals surface area (Å²) in [6.07, 6.45) is 0.378. The molecule has 2 heterocycles. The van der Waals surface area contributed by atoms with Crippen LogP contribution in [0.25, 0.3) is 0 Å². The molecule has 2 fully saturated rings. The molecule has 2 aliphatic rings. The number of carbonyl (C=O) groups excluding carboxylic acids is 11. The number of unbranched alkanes of at least 4 members (excludes halogenated alkanes) is 2. The first kappa shape index (κ1) is 86.1. The maximum atomic E-state index is 15.3. The summed E-state index contributed by atoms with van der Waals surface area (Å²) in [4.78, 5) is 174. The molecule has 2 saturated heterocycles. The summed E-state index contributed by atoms with van der Waals surface area (Å²) >= 11 is 0. The summed E-state index contributed by atoms with van der Waals surface area (Å²) in [5.41, 5.74) is 0. The Balaban J connectivity index is 3.01. The van der Waals surface area contributed by atoms with Gasteiger partial charge in [-0.1, -0.05) is 89.5 Å². The summed E-state index contributed by atoms with van der Waals surface area (Å²) in [5.74, 6) is -10.2. The monoisotopic (exact) mass is 1360 g/mol. The zero-order valence-electron chi connectivity index (χ0n) is 62.6. The van der Waals surface area contributed by atoms with Crippen molar-refractivity contribution >= 4 is 65.0 Å². The standard InChI is InChI=1S/C69H126N12O15/c1-24-50-65(90)74(17)48(15)64(89)79(22)56(49(16)96-34-28-26-30-81-31-35-95-36-32-81)61(86)73-54(43(8)9)68(93)75(18)51(37-40(2)3)60(85)70-46(13)59(84)71-47(14)63(88)76(19)52(38-41(4)5)66(91)77(20)53(39-42(6)7)67(92)78(21)55(44(10)11)69(94)80(23)57(62(87)72-50)58(83)45(12)29-25-27-33-82/h40-58,82-83H,24-39H2,1-23H3,(H,70,85)(H,71,84)(H,72,87)(H,73,86)/t45-,46+,47-,48-,49-,50+,51+,52+,53+,54+,55+,56+,57+,58-/m1/s1. The van der Waals surface area contributed by atoms with Crippen LogP contribution in [0, 0.1) is 35.5 Å². The number of ether oxygens (including phenoxy) is 2. The Labute approximate surface area is 573 Å². The highest BCUT2D eigenvalue weighted by atomic mass is 16.5. The van der Waals surface area contributed by atoms with E-state index in [-0.39, 0.29) is 56.7 Å². The van der Waals surface area contributed by atoms with E-state index in [2.05, 4.69) is 26.2 Å². The van der Waals surface area contributed by atoms with E-state index in [0.29, 0.717) is 38.9 Å². The fourth-order valence-corrected chi connectivity index (χ4v) is 12.6. The van der Waals surface area contributed by atoms with Crippen LogP contribution in [-0.4, -0.2) is 288 Å². The molecule has 0 aliphatic carbocycles. The van der Waals surface area contributed by atoms with Gasteiger partial charge < -0.3 is 75.3 Å². The number of hydrogen-bond acceptors (Lipinski definition) is 16.